The van der Waals surface area contributed by atoms with Crippen molar-refractivity contribution >= 4 is 35.6 Å². The van der Waals surface area contributed by atoms with Gasteiger partial charge in [0.2, 0.25) is 29.5 Å². The standard InChI is InChI=1S/C43H57N7O8/c1-4-28(2)38(42(56)47-33(39(53)45-3)24-30-17-10-6-11-18-30)49-41(55)35-21-14-22-50(35)26-36(51)32(23-29-15-8-5-9-16-29)46-40(54)34(25-37(44)52)48-43(57)58-27-31-19-12-7-13-20-31/h5-13,15-20,28,32-36,38,51H,4,14,21-27H2,1-3H3,(H2,44,52)(H,45,53)(H,46,54)(H,47,56)(H,48,57)(H,49,55)/t28?,32-,33?,34?,35?,36?,38?/m0/s1. The maximum Gasteiger partial charge on any atom is 0.408 e. The Morgan fingerprint density at radius 1 is 0.776 bits per heavy atom. The Kier molecular flexibility index (Phi) is 17.7. The fourth-order valence-corrected chi connectivity index (χ4v) is 6.91. The normalized spacial score (nSPS) is 17.0. The van der Waals surface area contributed by atoms with Gasteiger partial charge in [0.25, 0.3) is 0 Å². The zero-order valence-corrected chi connectivity index (χ0v) is 33.4. The summed E-state index contributed by atoms with van der Waals surface area (Å²) in [7, 11) is 1.50. The molecular weight excluding hydrogens is 743 g/mol. The second-order valence-electron chi connectivity index (χ2n) is 14.7. The van der Waals surface area contributed by atoms with Gasteiger partial charge in [0, 0.05) is 20.0 Å². The number of hydrogen-bond donors (Lipinski definition) is 7. The summed E-state index contributed by atoms with van der Waals surface area (Å²) in [6, 6.07) is 22.6. The van der Waals surface area contributed by atoms with Crippen LogP contribution in [0.3, 0.4) is 0 Å². The minimum Gasteiger partial charge on any atom is -0.445 e. The highest BCUT2D eigenvalue weighted by Crippen LogP contribution is 2.21. The van der Waals surface area contributed by atoms with E-state index in [0.717, 1.165) is 16.7 Å². The number of β-amino-alcohol motifs (C(OH)–C–C–N with tert-alkyl or cyclic N) is 1. The molecule has 3 aromatic carbocycles. The fraction of sp³-hybridized carbons (Fsp3) is 0.442. The minimum absolute atomic E-state index is 0.0150. The van der Waals surface area contributed by atoms with Crippen LogP contribution in [0.25, 0.3) is 0 Å². The van der Waals surface area contributed by atoms with Crippen LogP contribution in [0.15, 0.2) is 91.0 Å². The first-order valence-electron chi connectivity index (χ1n) is 19.8. The van der Waals surface area contributed by atoms with Crippen LogP contribution in [-0.4, -0.2) is 102 Å². The summed E-state index contributed by atoms with van der Waals surface area (Å²) in [6.45, 7) is 4.15. The smallest absolute Gasteiger partial charge is 0.408 e. The summed E-state index contributed by atoms with van der Waals surface area (Å²) >= 11 is 0. The molecule has 0 aliphatic carbocycles. The molecule has 0 radical (unpaired) electrons. The van der Waals surface area contributed by atoms with E-state index in [2.05, 4.69) is 26.6 Å². The van der Waals surface area contributed by atoms with Gasteiger partial charge in [0.05, 0.1) is 24.6 Å². The number of carbonyl (C=O) groups excluding carboxylic acids is 6. The number of nitrogens with two attached hydrogens (primary N) is 1. The van der Waals surface area contributed by atoms with Crippen LogP contribution in [0.4, 0.5) is 4.79 Å². The molecule has 8 N–H and O–H groups in total. The lowest BCUT2D eigenvalue weighted by molar-refractivity contribution is -0.134. The molecule has 1 aliphatic heterocycles. The molecule has 15 heteroatoms. The highest BCUT2D eigenvalue weighted by atomic mass is 16.5. The second-order valence-corrected chi connectivity index (χ2v) is 14.7. The number of carbonyl (C=O) groups is 6. The average Bonchev–Trinajstić information content (AvgIpc) is 3.69. The number of aliphatic hydroxyl groups excluding tert-OH is 1. The molecular formula is C43H57N7O8. The summed E-state index contributed by atoms with van der Waals surface area (Å²) in [5, 5.41) is 25.4. The first-order chi connectivity index (χ1) is 27.9. The third-order valence-corrected chi connectivity index (χ3v) is 10.4. The Bertz CT molecular complexity index is 1800. The molecule has 0 spiro atoms. The van der Waals surface area contributed by atoms with Crippen LogP contribution < -0.4 is 32.3 Å². The average molecular weight is 800 g/mol. The van der Waals surface area contributed by atoms with Crippen molar-refractivity contribution in [2.24, 2.45) is 11.7 Å². The molecule has 1 aliphatic rings. The van der Waals surface area contributed by atoms with Gasteiger partial charge in [-0.05, 0) is 48.4 Å². The molecule has 6 amide bonds. The van der Waals surface area contributed by atoms with Gasteiger partial charge in [-0.15, -0.1) is 0 Å². The third kappa shape index (κ3) is 14.0. The molecule has 6 unspecified atom stereocenters. The number of ether oxygens (including phenoxy) is 1. The highest BCUT2D eigenvalue weighted by molar-refractivity contribution is 5.93. The number of likely N-dealkylation sites (tertiary alicyclic amines) is 1. The van der Waals surface area contributed by atoms with Gasteiger partial charge >= 0.3 is 6.09 Å². The van der Waals surface area contributed by atoms with Crippen molar-refractivity contribution in [2.75, 3.05) is 20.1 Å². The number of benzene rings is 3. The monoisotopic (exact) mass is 799 g/mol. The molecule has 4 rings (SSSR count). The molecule has 58 heavy (non-hydrogen) atoms. The number of aliphatic hydroxyl groups is 1. The molecule has 0 bridgehead atoms. The third-order valence-electron chi connectivity index (χ3n) is 10.4. The van der Waals surface area contributed by atoms with Crippen LogP contribution in [0, 0.1) is 5.92 Å². The molecule has 0 saturated carbocycles. The van der Waals surface area contributed by atoms with Crippen molar-refractivity contribution in [1.82, 2.24) is 31.5 Å². The minimum atomic E-state index is -1.39. The molecule has 1 saturated heterocycles. The fourth-order valence-electron chi connectivity index (χ4n) is 6.91. The first kappa shape index (κ1) is 44.9. The SMILES string of the molecule is CCC(C)C(NC(=O)C1CCCN1CC(O)[C@H](Cc1ccccc1)NC(=O)C(CC(N)=O)NC(=O)OCc1ccccc1)C(=O)NC(Cc1ccccc1)C(=O)NC. The number of amides is 6. The van der Waals surface area contributed by atoms with E-state index in [1.807, 2.05) is 85.5 Å². The van der Waals surface area contributed by atoms with Crippen molar-refractivity contribution in [2.45, 2.75) is 95.3 Å². The van der Waals surface area contributed by atoms with E-state index < -0.39 is 72.5 Å². The Morgan fingerprint density at radius 2 is 1.36 bits per heavy atom. The van der Waals surface area contributed by atoms with E-state index in [0.29, 0.717) is 25.8 Å². The van der Waals surface area contributed by atoms with E-state index in [1.54, 1.807) is 24.3 Å². The summed E-state index contributed by atoms with van der Waals surface area (Å²) in [5.41, 5.74) is 7.83. The number of likely N-dealkylation sites (N-methyl/N-ethyl adjacent to an activating group) is 1. The lowest BCUT2D eigenvalue weighted by Crippen LogP contribution is -2.59. The Labute approximate surface area is 339 Å². The summed E-state index contributed by atoms with van der Waals surface area (Å²) in [6.07, 6.45) is -0.522. The molecule has 7 atom stereocenters. The first-order valence-corrected chi connectivity index (χ1v) is 19.8. The van der Waals surface area contributed by atoms with Crippen LogP contribution >= 0.6 is 0 Å². The molecule has 1 heterocycles. The van der Waals surface area contributed by atoms with Gasteiger partial charge in [-0.2, -0.15) is 0 Å². The quantitative estimate of drug-likeness (QED) is 0.0833. The Balaban J connectivity index is 1.45. The Morgan fingerprint density at radius 3 is 1.93 bits per heavy atom. The maximum absolute atomic E-state index is 14.0. The number of nitrogens with zero attached hydrogens (tertiary/aromatic N) is 1. The van der Waals surface area contributed by atoms with Gasteiger partial charge in [-0.3, -0.25) is 28.9 Å². The van der Waals surface area contributed by atoms with Gasteiger partial charge < -0.3 is 42.2 Å². The van der Waals surface area contributed by atoms with Crippen molar-refractivity contribution in [3.05, 3.63) is 108 Å². The zero-order valence-electron chi connectivity index (χ0n) is 33.4. The van der Waals surface area contributed by atoms with Crippen molar-refractivity contribution in [1.29, 1.82) is 0 Å². The largest absolute Gasteiger partial charge is 0.445 e. The van der Waals surface area contributed by atoms with Crippen LogP contribution in [0.1, 0.15) is 56.2 Å². The lowest BCUT2D eigenvalue weighted by Gasteiger charge is -2.33. The summed E-state index contributed by atoms with van der Waals surface area (Å²) < 4.78 is 5.26. The second kappa shape index (κ2) is 22.8. The van der Waals surface area contributed by atoms with E-state index in [4.69, 9.17) is 10.5 Å². The van der Waals surface area contributed by atoms with Crippen molar-refractivity contribution in [3.63, 3.8) is 0 Å². The van der Waals surface area contributed by atoms with Crippen molar-refractivity contribution in [3.8, 4) is 0 Å². The molecule has 3 aromatic rings. The van der Waals surface area contributed by atoms with Crippen LogP contribution in [0.5, 0.6) is 0 Å². The van der Waals surface area contributed by atoms with E-state index in [1.165, 1.54) is 7.05 Å². The summed E-state index contributed by atoms with van der Waals surface area (Å²) in [4.78, 5) is 80.7. The molecule has 1 fully saturated rings. The number of hydrogen-bond acceptors (Lipinski definition) is 9. The van der Waals surface area contributed by atoms with E-state index in [-0.39, 0.29) is 37.8 Å². The predicted molar refractivity (Wildman–Crippen MR) is 218 cm³/mol. The highest BCUT2D eigenvalue weighted by Gasteiger charge is 2.38. The number of nitrogens with one attached hydrogen (secondary N) is 5. The maximum atomic E-state index is 14.0. The summed E-state index contributed by atoms with van der Waals surface area (Å²) in [5.74, 6) is -3.09. The van der Waals surface area contributed by atoms with Gasteiger partial charge in [-0.1, -0.05) is 111 Å². The lowest BCUT2D eigenvalue weighted by atomic mass is 9.96. The van der Waals surface area contributed by atoms with Crippen molar-refractivity contribution < 1.29 is 38.6 Å². The number of rotatable bonds is 21. The number of alkyl carbamates (subject to hydrolysis) is 1. The van der Waals surface area contributed by atoms with Crippen LogP contribution in [-0.2, 0) is 48.2 Å². The van der Waals surface area contributed by atoms with Gasteiger partial charge in [-0.25, -0.2) is 4.79 Å². The van der Waals surface area contributed by atoms with Crippen LogP contribution in [0.2, 0.25) is 0 Å². The molecule has 312 valence electrons. The van der Waals surface area contributed by atoms with E-state index >= 15 is 0 Å². The zero-order chi connectivity index (χ0) is 42.0. The number of primary amides is 1. The Hall–Kier alpha value is -5.80. The predicted octanol–water partition coefficient (Wildman–Crippen LogP) is 1.71. The van der Waals surface area contributed by atoms with E-state index in [9.17, 15) is 33.9 Å². The van der Waals surface area contributed by atoms with Gasteiger partial charge in [0.1, 0.15) is 24.7 Å². The topological polar surface area (TPSA) is 221 Å². The molecule has 0 aromatic heterocycles. The molecule has 15 nitrogen and oxygen atoms in total. The van der Waals surface area contributed by atoms with Gasteiger partial charge in [0.15, 0.2) is 0 Å².